The van der Waals surface area contributed by atoms with Gasteiger partial charge in [-0.15, -0.1) is 5.10 Å². The fraction of sp³-hybridized carbons (Fsp3) is 0.500. The van der Waals surface area contributed by atoms with Gasteiger partial charge in [-0.25, -0.2) is 9.50 Å². The van der Waals surface area contributed by atoms with E-state index in [-0.39, 0.29) is 17.8 Å². The Balaban J connectivity index is 2.21. The Kier molecular flexibility index (Phi) is 3.75. The predicted molar refractivity (Wildman–Crippen MR) is 71.1 cm³/mol. The maximum Gasteiger partial charge on any atom is 0.291 e. The molecular weight excluding hydrogens is 244 g/mol. The number of aryl methyl sites for hydroxylation is 2. The van der Waals surface area contributed by atoms with Gasteiger partial charge in [-0.3, -0.25) is 4.79 Å². The fourth-order valence-corrected chi connectivity index (χ4v) is 1.69. The normalized spacial score (nSPS) is 12.6. The molecule has 0 saturated carbocycles. The summed E-state index contributed by atoms with van der Waals surface area (Å²) in [7, 11) is 1.84. The van der Waals surface area contributed by atoms with Gasteiger partial charge < -0.3 is 10.6 Å². The molecule has 7 heteroatoms. The first-order chi connectivity index (χ1) is 9.01. The van der Waals surface area contributed by atoms with E-state index in [4.69, 9.17) is 0 Å². The minimum absolute atomic E-state index is 0.143. The number of hydrogen-bond donors (Lipinski definition) is 2. The van der Waals surface area contributed by atoms with E-state index in [9.17, 15) is 4.79 Å². The van der Waals surface area contributed by atoms with E-state index in [1.807, 2.05) is 33.9 Å². The van der Waals surface area contributed by atoms with Gasteiger partial charge in [0.1, 0.15) is 0 Å². The van der Waals surface area contributed by atoms with Crippen LogP contribution in [0.25, 0.3) is 5.78 Å². The second-order valence-electron chi connectivity index (χ2n) is 4.59. The summed E-state index contributed by atoms with van der Waals surface area (Å²) in [6, 6.07) is 2.09. The van der Waals surface area contributed by atoms with Crippen molar-refractivity contribution in [2.75, 3.05) is 13.6 Å². The molecule has 0 aliphatic rings. The third-order valence-corrected chi connectivity index (χ3v) is 2.88. The number of fused-ring (bicyclic) bond motifs is 1. The van der Waals surface area contributed by atoms with E-state index < -0.39 is 0 Å². The Morgan fingerprint density at radius 2 is 2.16 bits per heavy atom. The van der Waals surface area contributed by atoms with Gasteiger partial charge in [0.15, 0.2) is 0 Å². The molecule has 0 aliphatic heterocycles. The lowest BCUT2D eigenvalue weighted by atomic mass is 10.3. The van der Waals surface area contributed by atoms with Crippen molar-refractivity contribution in [2.24, 2.45) is 0 Å². The molecule has 2 aromatic rings. The van der Waals surface area contributed by atoms with Crippen molar-refractivity contribution in [3.8, 4) is 0 Å². The first-order valence-corrected chi connectivity index (χ1v) is 6.17. The zero-order valence-corrected chi connectivity index (χ0v) is 11.6. The second-order valence-corrected chi connectivity index (χ2v) is 4.59. The van der Waals surface area contributed by atoms with Crippen LogP contribution in [0.3, 0.4) is 0 Å². The molecule has 2 rings (SSSR count). The molecule has 2 N–H and O–H groups in total. The van der Waals surface area contributed by atoms with E-state index in [0.29, 0.717) is 12.3 Å². The van der Waals surface area contributed by atoms with Crippen molar-refractivity contribution in [1.82, 2.24) is 30.2 Å². The molecule has 1 unspecified atom stereocenters. The average molecular weight is 262 g/mol. The van der Waals surface area contributed by atoms with Crippen LogP contribution in [-0.2, 0) is 0 Å². The number of likely N-dealkylation sites (N-methyl/N-ethyl adjacent to an activating group) is 1. The molecule has 0 aromatic carbocycles. The van der Waals surface area contributed by atoms with Gasteiger partial charge in [0.05, 0.1) is 0 Å². The monoisotopic (exact) mass is 262 g/mol. The van der Waals surface area contributed by atoms with Crippen LogP contribution in [-0.4, -0.2) is 45.1 Å². The number of rotatable bonds is 4. The van der Waals surface area contributed by atoms with Gasteiger partial charge in [-0.05, 0) is 33.9 Å². The standard InChI is InChI=1S/C12H18N6O/c1-7-5-9(3)18-12(15-7)16-10(17-18)11(19)14-6-8(2)13-4/h5,8,13H,6H2,1-4H3,(H,14,19). The van der Waals surface area contributed by atoms with Crippen LogP contribution < -0.4 is 10.6 Å². The fourth-order valence-electron chi connectivity index (χ4n) is 1.69. The molecule has 1 amide bonds. The summed E-state index contributed by atoms with van der Waals surface area (Å²) in [4.78, 5) is 20.3. The van der Waals surface area contributed by atoms with Crippen LogP contribution in [0.5, 0.6) is 0 Å². The van der Waals surface area contributed by atoms with Crippen molar-refractivity contribution in [1.29, 1.82) is 0 Å². The molecule has 1 atom stereocenters. The molecule has 0 saturated heterocycles. The molecule has 7 nitrogen and oxygen atoms in total. The molecule has 19 heavy (non-hydrogen) atoms. The van der Waals surface area contributed by atoms with E-state index in [0.717, 1.165) is 11.4 Å². The van der Waals surface area contributed by atoms with Crippen LogP contribution in [0.15, 0.2) is 6.07 Å². The Hall–Kier alpha value is -2.02. The van der Waals surface area contributed by atoms with E-state index in [1.54, 1.807) is 4.52 Å². The van der Waals surface area contributed by atoms with Crippen LogP contribution in [0.2, 0.25) is 0 Å². The quantitative estimate of drug-likeness (QED) is 0.815. The lowest BCUT2D eigenvalue weighted by molar-refractivity contribution is 0.0940. The minimum Gasteiger partial charge on any atom is -0.348 e. The van der Waals surface area contributed by atoms with Gasteiger partial charge in [-0.2, -0.15) is 4.98 Å². The Morgan fingerprint density at radius 1 is 1.42 bits per heavy atom. The number of hydrogen-bond acceptors (Lipinski definition) is 5. The van der Waals surface area contributed by atoms with Crippen LogP contribution in [0.4, 0.5) is 0 Å². The second kappa shape index (κ2) is 5.31. The molecule has 2 aromatic heterocycles. The molecule has 2 heterocycles. The number of nitrogens with zero attached hydrogens (tertiary/aromatic N) is 4. The molecular formula is C12H18N6O. The Labute approximate surface area is 111 Å². The largest absolute Gasteiger partial charge is 0.348 e. The lowest BCUT2D eigenvalue weighted by Crippen LogP contribution is -2.37. The Morgan fingerprint density at radius 3 is 2.84 bits per heavy atom. The van der Waals surface area contributed by atoms with Gasteiger partial charge in [0.25, 0.3) is 11.7 Å². The summed E-state index contributed by atoms with van der Waals surface area (Å²) in [5, 5.41) is 9.99. The van der Waals surface area contributed by atoms with E-state index in [1.165, 1.54) is 0 Å². The van der Waals surface area contributed by atoms with Gasteiger partial charge in [0, 0.05) is 24.0 Å². The van der Waals surface area contributed by atoms with Crippen molar-refractivity contribution in [2.45, 2.75) is 26.8 Å². The number of carbonyl (C=O) groups excluding carboxylic acids is 1. The summed E-state index contributed by atoms with van der Waals surface area (Å²) >= 11 is 0. The van der Waals surface area contributed by atoms with Gasteiger partial charge >= 0.3 is 0 Å². The van der Waals surface area contributed by atoms with E-state index in [2.05, 4.69) is 25.7 Å². The Bertz CT molecular complexity index is 606. The summed E-state index contributed by atoms with van der Waals surface area (Å²) in [5.41, 5.74) is 1.76. The molecule has 0 spiro atoms. The maximum absolute atomic E-state index is 11.9. The van der Waals surface area contributed by atoms with Crippen LogP contribution in [0, 0.1) is 13.8 Å². The highest BCUT2D eigenvalue weighted by Gasteiger charge is 2.15. The van der Waals surface area contributed by atoms with Gasteiger partial charge in [0.2, 0.25) is 5.82 Å². The van der Waals surface area contributed by atoms with E-state index >= 15 is 0 Å². The molecule has 0 radical (unpaired) electrons. The SMILES string of the molecule is CNC(C)CNC(=O)c1nc2nc(C)cc(C)n2n1. The maximum atomic E-state index is 11.9. The predicted octanol–water partition coefficient (Wildman–Crippen LogP) is 0.0788. The van der Waals surface area contributed by atoms with Crippen LogP contribution >= 0.6 is 0 Å². The zero-order chi connectivity index (χ0) is 14.0. The molecule has 0 fully saturated rings. The average Bonchev–Trinajstić information content (AvgIpc) is 2.79. The highest BCUT2D eigenvalue weighted by Crippen LogP contribution is 2.05. The topological polar surface area (TPSA) is 84.2 Å². The van der Waals surface area contributed by atoms with Crippen molar-refractivity contribution in [3.05, 3.63) is 23.3 Å². The first kappa shape index (κ1) is 13.4. The summed E-state index contributed by atoms with van der Waals surface area (Å²) in [6.07, 6.45) is 0. The van der Waals surface area contributed by atoms with Crippen molar-refractivity contribution < 1.29 is 4.79 Å². The third kappa shape index (κ3) is 2.87. The van der Waals surface area contributed by atoms with Crippen LogP contribution in [0.1, 0.15) is 28.9 Å². The number of nitrogens with one attached hydrogen (secondary N) is 2. The molecule has 102 valence electrons. The van der Waals surface area contributed by atoms with Gasteiger partial charge in [-0.1, -0.05) is 0 Å². The number of aromatic nitrogens is 4. The lowest BCUT2D eigenvalue weighted by Gasteiger charge is -2.09. The zero-order valence-electron chi connectivity index (χ0n) is 11.6. The number of amides is 1. The highest BCUT2D eigenvalue weighted by molar-refractivity contribution is 5.90. The third-order valence-electron chi connectivity index (χ3n) is 2.88. The smallest absolute Gasteiger partial charge is 0.291 e. The summed E-state index contributed by atoms with van der Waals surface area (Å²) in [6.45, 7) is 6.29. The number of carbonyl (C=O) groups is 1. The van der Waals surface area contributed by atoms with Crippen molar-refractivity contribution in [3.63, 3.8) is 0 Å². The first-order valence-electron chi connectivity index (χ1n) is 6.17. The molecule has 0 bridgehead atoms. The molecule has 0 aliphatic carbocycles. The van der Waals surface area contributed by atoms with Crippen molar-refractivity contribution >= 4 is 11.7 Å². The highest BCUT2D eigenvalue weighted by atomic mass is 16.2. The summed E-state index contributed by atoms with van der Waals surface area (Å²) < 4.78 is 1.57. The minimum atomic E-state index is -0.287. The summed E-state index contributed by atoms with van der Waals surface area (Å²) in [5.74, 6) is 0.304.